The van der Waals surface area contributed by atoms with Gasteiger partial charge in [0.25, 0.3) is 5.03 Å². The molecule has 1 heterocycles. The highest BCUT2D eigenvalue weighted by Gasteiger charge is 2.21. The van der Waals surface area contributed by atoms with E-state index in [0.29, 0.717) is 20.8 Å². The van der Waals surface area contributed by atoms with E-state index < -0.39 is 11.2 Å². The van der Waals surface area contributed by atoms with Gasteiger partial charge in [-0.25, -0.2) is 0 Å². The molecule has 1 aromatic heterocycles. The summed E-state index contributed by atoms with van der Waals surface area (Å²) in [5.74, 6) is -0.0478. The van der Waals surface area contributed by atoms with Crippen LogP contribution in [0.15, 0.2) is 53.6 Å². The van der Waals surface area contributed by atoms with Gasteiger partial charge in [0.15, 0.2) is 0 Å². The zero-order valence-corrected chi connectivity index (χ0v) is 13.6. The zero-order chi connectivity index (χ0) is 15.7. The molecule has 3 rings (SSSR count). The number of aromatic nitrogens is 1. The molecule has 6 heteroatoms. The predicted octanol–water partition coefficient (Wildman–Crippen LogP) is 4.56. The molecule has 2 aromatic carbocycles. The van der Waals surface area contributed by atoms with E-state index in [1.165, 1.54) is 0 Å². The lowest BCUT2D eigenvalue weighted by atomic mass is 10.2. The highest BCUT2D eigenvalue weighted by molar-refractivity contribution is 7.90. The monoisotopic (exact) mass is 351 g/mol. The van der Waals surface area contributed by atoms with Gasteiger partial charge in [0.05, 0.1) is 5.39 Å². The van der Waals surface area contributed by atoms with Crippen LogP contribution in [-0.2, 0) is 16.9 Å². The molecule has 0 aliphatic carbocycles. The van der Waals surface area contributed by atoms with E-state index in [-0.39, 0.29) is 16.7 Å². The summed E-state index contributed by atoms with van der Waals surface area (Å²) < 4.78 is 12.7. The van der Waals surface area contributed by atoms with Crippen molar-refractivity contribution in [2.45, 2.75) is 10.8 Å². The van der Waals surface area contributed by atoms with Gasteiger partial charge in [0.2, 0.25) is 5.88 Å². The molecule has 0 spiro atoms. The molecule has 112 valence electrons. The molecule has 22 heavy (non-hydrogen) atoms. The van der Waals surface area contributed by atoms with Crippen molar-refractivity contribution in [1.29, 1.82) is 0 Å². The lowest BCUT2D eigenvalue weighted by molar-refractivity contribution is 0.449. The Morgan fingerprint density at radius 3 is 2.50 bits per heavy atom. The van der Waals surface area contributed by atoms with Gasteiger partial charge in [-0.3, -0.25) is 0 Å². The second-order valence-electron chi connectivity index (χ2n) is 4.72. The molecule has 0 bridgehead atoms. The van der Waals surface area contributed by atoms with Gasteiger partial charge < -0.3 is 9.66 Å². The summed E-state index contributed by atoms with van der Waals surface area (Å²) in [6.07, 6.45) is 0. The number of rotatable bonds is 3. The van der Waals surface area contributed by atoms with Crippen molar-refractivity contribution in [2.24, 2.45) is 0 Å². The first-order valence-electron chi connectivity index (χ1n) is 6.46. The summed E-state index contributed by atoms with van der Waals surface area (Å²) in [6, 6.07) is 14.3. The molecule has 0 aliphatic heterocycles. The van der Waals surface area contributed by atoms with Gasteiger partial charge >= 0.3 is 0 Å². The Balaban J connectivity index is 2.04. The highest BCUT2D eigenvalue weighted by atomic mass is 35.5. The van der Waals surface area contributed by atoms with Crippen LogP contribution in [0.25, 0.3) is 10.8 Å². The minimum Gasteiger partial charge on any atom is -0.610 e. The van der Waals surface area contributed by atoms with Crippen molar-refractivity contribution in [2.75, 3.05) is 0 Å². The molecule has 0 aliphatic rings. The molecule has 1 N–H and O–H groups in total. The maximum Gasteiger partial charge on any atom is 0.256 e. The maximum atomic E-state index is 12.7. The van der Waals surface area contributed by atoms with Crippen molar-refractivity contribution in [3.8, 4) is 5.88 Å². The fourth-order valence-electron chi connectivity index (χ4n) is 2.21. The molecule has 0 fully saturated rings. The van der Waals surface area contributed by atoms with Gasteiger partial charge in [0.1, 0.15) is 10.8 Å². The SMILES string of the molecule is [O-][S+](Cc1cccc(Cl)c1)c1nc(O)c(Cl)c2ccccc12. The standard InChI is InChI=1S/C16H11Cl2NO2S/c17-11-5-3-4-10(8-11)9-22(21)16-13-7-2-1-6-12(13)14(18)15(20)19-16/h1-8H,9H2,(H,19,20). The van der Waals surface area contributed by atoms with Gasteiger partial charge in [-0.05, 0) is 18.2 Å². The van der Waals surface area contributed by atoms with Crippen LogP contribution in [0.4, 0.5) is 0 Å². The summed E-state index contributed by atoms with van der Waals surface area (Å²) in [5.41, 5.74) is 0.839. The van der Waals surface area contributed by atoms with E-state index in [0.717, 1.165) is 5.56 Å². The minimum absolute atomic E-state index is 0.166. The molecule has 3 aromatic rings. The lowest BCUT2D eigenvalue weighted by Crippen LogP contribution is -2.08. The normalized spacial score (nSPS) is 12.5. The van der Waals surface area contributed by atoms with Crippen molar-refractivity contribution >= 4 is 45.2 Å². The Morgan fingerprint density at radius 2 is 1.77 bits per heavy atom. The number of hydrogen-bond donors (Lipinski definition) is 1. The summed E-state index contributed by atoms with van der Waals surface area (Å²) in [6.45, 7) is 0. The largest absolute Gasteiger partial charge is 0.610 e. The fourth-order valence-corrected chi connectivity index (χ4v) is 3.86. The number of halogens is 2. The van der Waals surface area contributed by atoms with Crippen molar-refractivity contribution in [3.63, 3.8) is 0 Å². The Bertz CT molecular complexity index is 841. The highest BCUT2D eigenvalue weighted by Crippen LogP contribution is 2.34. The van der Waals surface area contributed by atoms with Crippen LogP contribution in [0.5, 0.6) is 5.88 Å². The Labute approximate surface area is 140 Å². The molecule has 0 saturated heterocycles. The maximum absolute atomic E-state index is 12.7. The fraction of sp³-hybridized carbons (Fsp3) is 0.0625. The first kappa shape index (κ1) is 15.4. The van der Waals surface area contributed by atoms with Crippen LogP contribution in [0.2, 0.25) is 10.0 Å². The van der Waals surface area contributed by atoms with E-state index in [9.17, 15) is 9.66 Å². The predicted molar refractivity (Wildman–Crippen MR) is 90.0 cm³/mol. The van der Waals surface area contributed by atoms with Crippen molar-refractivity contribution < 1.29 is 9.66 Å². The van der Waals surface area contributed by atoms with Crippen molar-refractivity contribution in [3.05, 3.63) is 64.1 Å². The summed E-state index contributed by atoms with van der Waals surface area (Å²) in [7, 11) is 0. The third-order valence-corrected chi connectivity index (χ3v) is 5.15. The Hall–Kier alpha value is -1.46. The molecule has 0 radical (unpaired) electrons. The second kappa shape index (κ2) is 6.34. The molecule has 1 unspecified atom stereocenters. The van der Waals surface area contributed by atoms with Crippen LogP contribution in [0.3, 0.4) is 0 Å². The van der Waals surface area contributed by atoms with Crippen LogP contribution in [0.1, 0.15) is 5.56 Å². The average molecular weight is 352 g/mol. The van der Waals surface area contributed by atoms with Crippen LogP contribution in [0, 0.1) is 0 Å². The number of benzene rings is 2. The molecule has 1 atom stereocenters. The van der Waals surface area contributed by atoms with E-state index >= 15 is 0 Å². The smallest absolute Gasteiger partial charge is 0.256 e. The quantitative estimate of drug-likeness (QED) is 0.704. The second-order valence-corrected chi connectivity index (χ2v) is 6.90. The number of fused-ring (bicyclic) bond motifs is 1. The third-order valence-electron chi connectivity index (χ3n) is 3.20. The first-order chi connectivity index (χ1) is 10.6. The first-order valence-corrected chi connectivity index (χ1v) is 8.54. The molecular weight excluding hydrogens is 341 g/mol. The molecule has 3 nitrogen and oxygen atoms in total. The van der Waals surface area contributed by atoms with Gasteiger partial charge in [-0.1, -0.05) is 53.5 Å². The summed E-state index contributed by atoms with van der Waals surface area (Å²) in [5, 5.41) is 12.2. The van der Waals surface area contributed by atoms with Crippen LogP contribution < -0.4 is 0 Å². The van der Waals surface area contributed by atoms with Crippen LogP contribution >= 0.6 is 23.2 Å². The third kappa shape index (κ3) is 3.01. The van der Waals surface area contributed by atoms with Gasteiger partial charge in [-0.2, -0.15) is 4.98 Å². The zero-order valence-electron chi connectivity index (χ0n) is 11.3. The average Bonchev–Trinajstić information content (AvgIpc) is 2.51. The molecular formula is C16H11Cl2NO2S. The minimum atomic E-state index is -1.42. The van der Waals surface area contributed by atoms with Gasteiger partial charge in [-0.15, -0.1) is 0 Å². The molecule has 0 saturated carbocycles. The summed E-state index contributed by atoms with van der Waals surface area (Å²) >= 11 is 10.6. The van der Waals surface area contributed by atoms with Gasteiger partial charge in [0, 0.05) is 27.1 Å². The number of pyridine rings is 1. The van der Waals surface area contributed by atoms with Crippen molar-refractivity contribution in [1.82, 2.24) is 4.98 Å². The molecule has 0 amide bonds. The summed E-state index contributed by atoms with van der Waals surface area (Å²) in [4.78, 5) is 4.01. The van der Waals surface area contributed by atoms with E-state index in [1.54, 1.807) is 36.4 Å². The number of aromatic hydroxyl groups is 1. The van der Waals surface area contributed by atoms with E-state index in [1.807, 2.05) is 12.1 Å². The Kier molecular flexibility index (Phi) is 4.45. The lowest BCUT2D eigenvalue weighted by Gasteiger charge is -2.13. The number of nitrogens with zero attached hydrogens (tertiary/aromatic N) is 1. The van der Waals surface area contributed by atoms with Crippen LogP contribution in [-0.4, -0.2) is 14.6 Å². The van der Waals surface area contributed by atoms with E-state index in [4.69, 9.17) is 23.2 Å². The Morgan fingerprint density at radius 1 is 1.05 bits per heavy atom. The van der Waals surface area contributed by atoms with E-state index in [2.05, 4.69) is 4.98 Å². The number of hydrogen-bond acceptors (Lipinski definition) is 3. The topological polar surface area (TPSA) is 56.2 Å².